The Morgan fingerprint density at radius 2 is 1.69 bits per heavy atom. The second-order valence-corrected chi connectivity index (χ2v) is 8.23. The highest BCUT2D eigenvalue weighted by Gasteiger charge is 2.26. The van der Waals surface area contributed by atoms with Crippen molar-refractivity contribution >= 4 is 16.7 Å². The van der Waals surface area contributed by atoms with Crippen LogP contribution in [0.15, 0.2) is 53.6 Å². The molecule has 1 fully saturated rings. The standard InChI is InChI=1S/C23H26N4O2/c1-16-11-17(2)14-26(13-16)22(28)15-27-23(29)20-6-4-3-5-19(20)21(25-27)12-18-7-9-24-10-8-18/h3-10,16-17H,11-15H2,1-2H3/t16-,17-/m0/s1. The molecule has 1 aliphatic heterocycles. The van der Waals surface area contributed by atoms with Crippen molar-refractivity contribution in [2.24, 2.45) is 11.8 Å². The van der Waals surface area contributed by atoms with Gasteiger partial charge in [-0.3, -0.25) is 14.6 Å². The molecular weight excluding hydrogens is 364 g/mol. The Hall–Kier alpha value is -3.02. The third-order valence-electron chi connectivity index (χ3n) is 5.57. The summed E-state index contributed by atoms with van der Waals surface area (Å²) in [5.74, 6) is 0.917. The second-order valence-electron chi connectivity index (χ2n) is 8.23. The molecule has 2 aromatic heterocycles. The van der Waals surface area contributed by atoms with Gasteiger partial charge < -0.3 is 4.90 Å². The lowest BCUT2D eigenvalue weighted by atomic mass is 9.92. The van der Waals surface area contributed by atoms with Gasteiger partial charge in [-0.25, -0.2) is 4.68 Å². The van der Waals surface area contributed by atoms with Gasteiger partial charge in [-0.1, -0.05) is 32.0 Å². The van der Waals surface area contributed by atoms with E-state index >= 15 is 0 Å². The van der Waals surface area contributed by atoms with Crippen LogP contribution in [0.1, 0.15) is 31.5 Å². The van der Waals surface area contributed by atoms with Crippen molar-refractivity contribution in [2.75, 3.05) is 13.1 Å². The van der Waals surface area contributed by atoms with Crippen LogP contribution in [-0.2, 0) is 17.8 Å². The molecule has 3 heterocycles. The van der Waals surface area contributed by atoms with Crippen LogP contribution in [0.2, 0.25) is 0 Å². The van der Waals surface area contributed by atoms with Gasteiger partial charge in [-0.05, 0) is 42.0 Å². The van der Waals surface area contributed by atoms with E-state index in [2.05, 4.69) is 23.9 Å². The zero-order valence-corrected chi connectivity index (χ0v) is 16.9. The van der Waals surface area contributed by atoms with Gasteiger partial charge >= 0.3 is 0 Å². The van der Waals surface area contributed by atoms with Crippen molar-refractivity contribution < 1.29 is 4.79 Å². The summed E-state index contributed by atoms with van der Waals surface area (Å²) in [7, 11) is 0. The van der Waals surface area contributed by atoms with E-state index in [4.69, 9.17) is 0 Å². The molecule has 0 radical (unpaired) electrons. The van der Waals surface area contributed by atoms with Gasteiger partial charge in [-0.15, -0.1) is 0 Å². The molecule has 2 atom stereocenters. The van der Waals surface area contributed by atoms with Crippen LogP contribution < -0.4 is 5.56 Å². The van der Waals surface area contributed by atoms with Crippen LogP contribution in [-0.4, -0.2) is 38.7 Å². The Labute approximate surface area is 170 Å². The Balaban J connectivity index is 1.68. The Morgan fingerprint density at radius 1 is 1.03 bits per heavy atom. The predicted molar refractivity (Wildman–Crippen MR) is 113 cm³/mol. The van der Waals surface area contributed by atoms with E-state index in [1.165, 1.54) is 4.68 Å². The molecule has 0 aliphatic carbocycles. The lowest BCUT2D eigenvalue weighted by Crippen LogP contribution is -2.45. The number of aromatic nitrogens is 3. The van der Waals surface area contributed by atoms with Gasteiger partial charge in [0.2, 0.25) is 5.91 Å². The first-order chi connectivity index (χ1) is 14.0. The number of rotatable bonds is 4. The number of amides is 1. The molecule has 1 aliphatic rings. The molecule has 1 saturated heterocycles. The van der Waals surface area contributed by atoms with E-state index in [9.17, 15) is 9.59 Å². The number of fused-ring (bicyclic) bond motifs is 1. The molecule has 3 aromatic rings. The lowest BCUT2D eigenvalue weighted by molar-refractivity contribution is -0.134. The van der Waals surface area contributed by atoms with Crippen LogP contribution >= 0.6 is 0 Å². The summed E-state index contributed by atoms with van der Waals surface area (Å²) >= 11 is 0. The van der Waals surface area contributed by atoms with Crippen molar-refractivity contribution in [3.8, 4) is 0 Å². The van der Waals surface area contributed by atoms with Gasteiger partial charge in [0, 0.05) is 37.3 Å². The highest BCUT2D eigenvalue weighted by atomic mass is 16.2. The number of hydrogen-bond acceptors (Lipinski definition) is 4. The summed E-state index contributed by atoms with van der Waals surface area (Å²) in [6, 6.07) is 11.4. The molecule has 0 spiro atoms. The average Bonchev–Trinajstić information content (AvgIpc) is 2.71. The van der Waals surface area contributed by atoms with Crippen LogP contribution in [0.3, 0.4) is 0 Å². The van der Waals surface area contributed by atoms with Crippen LogP contribution in [0.5, 0.6) is 0 Å². The molecule has 6 heteroatoms. The SMILES string of the molecule is C[C@H]1C[C@H](C)CN(C(=O)Cn2nc(Cc3ccncc3)c3ccccc3c2=O)C1. The van der Waals surface area contributed by atoms with Gasteiger partial charge in [0.25, 0.3) is 5.56 Å². The quantitative estimate of drug-likeness (QED) is 0.687. The average molecular weight is 390 g/mol. The molecule has 29 heavy (non-hydrogen) atoms. The minimum atomic E-state index is -0.217. The number of nitrogens with zero attached hydrogens (tertiary/aromatic N) is 4. The minimum Gasteiger partial charge on any atom is -0.341 e. The largest absolute Gasteiger partial charge is 0.341 e. The number of hydrogen-bond donors (Lipinski definition) is 0. The summed E-state index contributed by atoms with van der Waals surface area (Å²) in [6.45, 7) is 5.81. The number of likely N-dealkylation sites (tertiary alicyclic amines) is 1. The predicted octanol–water partition coefficient (Wildman–Crippen LogP) is 2.89. The van der Waals surface area contributed by atoms with E-state index in [0.29, 0.717) is 23.6 Å². The number of benzene rings is 1. The monoisotopic (exact) mass is 390 g/mol. The first-order valence-electron chi connectivity index (χ1n) is 10.2. The van der Waals surface area contributed by atoms with Crippen molar-refractivity contribution in [1.82, 2.24) is 19.7 Å². The fraction of sp³-hybridized carbons (Fsp3) is 0.391. The Morgan fingerprint density at radius 3 is 2.38 bits per heavy atom. The third kappa shape index (κ3) is 4.21. The van der Waals surface area contributed by atoms with Gasteiger partial charge in [-0.2, -0.15) is 5.10 Å². The molecule has 0 unspecified atom stereocenters. The zero-order valence-electron chi connectivity index (χ0n) is 16.9. The smallest absolute Gasteiger partial charge is 0.275 e. The molecule has 0 bridgehead atoms. The van der Waals surface area contributed by atoms with E-state index in [-0.39, 0.29) is 18.0 Å². The van der Waals surface area contributed by atoms with Gasteiger partial charge in [0.15, 0.2) is 0 Å². The van der Waals surface area contributed by atoms with E-state index < -0.39 is 0 Å². The Kier molecular flexibility index (Phi) is 5.43. The van der Waals surface area contributed by atoms with Crippen LogP contribution in [0.4, 0.5) is 0 Å². The topological polar surface area (TPSA) is 68.1 Å². The maximum atomic E-state index is 13.0. The fourth-order valence-electron chi connectivity index (χ4n) is 4.33. The number of carbonyl (C=O) groups is 1. The van der Waals surface area contributed by atoms with Crippen LogP contribution in [0, 0.1) is 11.8 Å². The third-order valence-corrected chi connectivity index (χ3v) is 5.57. The molecular formula is C23H26N4O2. The number of pyridine rings is 1. The van der Waals surface area contributed by atoms with E-state index in [0.717, 1.165) is 36.2 Å². The molecule has 4 rings (SSSR count). The summed E-state index contributed by atoms with van der Waals surface area (Å²) < 4.78 is 1.34. The summed E-state index contributed by atoms with van der Waals surface area (Å²) in [4.78, 5) is 31.9. The summed E-state index contributed by atoms with van der Waals surface area (Å²) in [6.07, 6.45) is 5.20. The first-order valence-corrected chi connectivity index (χ1v) is 10.2. The first kappa shape index (κ1) is 19.3. The van der Waals surface area contributed by atoms with E-state index in [1.807, 2.05) is 35.2 Å². The zero-order chi connectivity index (χ0) is 20.4. The minimum absolute atomic E-state index is 0.0214. The molecule has 1 amide bonds. The van der Waals surface area contributed by atoms with Gasteiger partial charge in [0.05, 0.1) is 11.1 Å². The summed E-state index contributed by atoms with van der Waals surface area (Å²) in [5, 5.41) is 6.03. The maximum Gasteiger partial charge on any atom is 0.275 e. The van der Waals surface area contributed by atoms with Gasteiger partial charge in [0.1, 0.15) is 6.54 Å². The van der Waals surface area contributed by atoms with Crippen LogP contribution in [0.25, 0.3) is 10.8 Å². The van der Waals surface area contributed by atoms with Crippen molar-refractivity contribution in [3.05, 3.63) is 70.4 Å². The van der Waals surface area contributed by atoms with E-state index in [1.54, 1.807) is 18.5 Å². The second kappa shape index (κ2) is 8.15. The highest BCUT2D eigenvalue weighted by molar-refractivity contribution is 5.84. The maximum absolute atomic E-state index is 13.0. The highest BCUT2D eigenvalue weighted by Crippen LogP contribution is 2.21. The molecule has 0 saturated carbocycles. The summed E-state index contributed by atoms with van der Waals surface area (Å²) in [5.41, 5.74) is 1.64. The normalized spacial score (nSPS) is 19.4. The number of piperidine rings is 1. The van der Waals surface area contributed by atoms with Crippen molar-refractivity contribution in [2.45, 2.75) is 33.2 Å². The molecule has 1 aromatic carbocycles. The number of carbonyl (C=O) groups excluding carboxylic acids is 1. The molecule has 6 nitrogen and oxygen atoms in total. The fourth-order valence-corrected chi connectivity index (χ4v) is 4.33. The molecule has 0 N–H and O–H groups in total. The lowest BCUT2D eigenvalue weighted by Gasteiger charge is -2.35. The van der Waals surface area contributed by atoms with Crippen molar-refractivity contribution in [3.63, 3.8) is 0 Å². The Bertz CT molecular complexity index is 1070. The van der Waals surface area contributed by atoms with Crippen molar-refractivity contribution in [1.29, 1.82) is 0 Å². The molecule has 150 valence electrons.